The molecule has 1 aliphatic heterocycles. The monoisotopic (exact) mass is 457 g/mol. The Bertz CT molecular complexity index is 1140. The third-order valence-electron chi connectivity index (χ3n) is 5.67. The van der Waals surface area contributed by atoms with Crippen LogP contribution in [-0.4, -0.2) is 41.8 Å². The number of rotatable bonds is 7. The minimum Gasteiger partial charge on any atom is -0.494 e. The Morgan fingerprint density at radius 1 is 0.853 bits per heavy atom. The lowest BCUT2D eigenvalue weighted by Crippen LogP contribution is -2.43. The molecule has 3 aromatic rings. The second-order valence-corrected chi connectivity index (χ2v) is 8.00. The summed E-state index contributed by atoms with van der Waals surface area (Å²) in [5, 5.41) is 5.72. The summed E-state index contributed by atoms with van der Waals surface area (Å²) in [6.45, 7) is 3.04. The van der Waals surface area contributed by atoms with Gasteiger partial charge in [0.05, 0.1) is 6.61 Å². The van der Waals surface area contributed by atoms with Crippen molar-refractivity contribution in [1.82, 2.24) is 4.90 Å². The number of nitrogens with zero attached hydrogens (tertiary/aromatic N) is 1. The van der Waals surface area contributed by atoms with E-state index in [1.807, 2.05) is 25.1 Å². The zero-order chi connectivity index (χ0) is 23.9. The molecule has 3 aromatic carbocycles. The first-order valence-corrected chi connectivity index (χ1v) is 11.4. The number of amides is 3. The van der Waals surface area contributed by atoms with Gasteiger partial charge in [0.2, 0.25) is 5.91 Å². The van der Waals surface area contributed by atoms with Gasteiger partial charge in [-0.25, -0.2) is 0 Å². The number of hydrogen-bond acceptors (Lipinski definition) is 4. The van der Waals surface area contributed by atoms with Crippen molar-refractivity contribution in [2.45, 2.75) is 25.8 Å². The van der Waals surface area contributed by atoms with E-state index in [1.54, 1.807) is 65.6 Å². The number of hydrogen-bond donors (Lipinski definition) is 2. The van der Waals surface area contributed by atoms with Crippen molar-refractivity contribution in [2.75, 3.05) is 23.8 Å². The van der Waals surface area contributed by atoms with Gasteiger partial charge in [0.1, 0.15) is 11.8 Å². The molecule has 3 amide bonds. The molecule has 2 N–H and O–H groups in total. The molecule has 1 atom stereocenters. The highest BCUT2D eigenvalue weighted by molar-refractivity contribution is 6.05. The molecule has 34 heavy (non-hydrogen) atoms. The summed E-state index contributed by atoms with van der Waals surface area (Å²) in [5.41, 5.74) is 2.27. The summed E-state index contributed by atoms with van der Waals surface area (Å²) < 4.78 is 5.41. The van der Waals surface area contributed by atoms with E-state index in [2.05, 4.69) is 10.6 Å². The van der Waals surface area contributed by atoms with Crippen molar-refractivity contribution in [1.29, 1.82) is 0 Å². The van der Waals surface area contributed by atoms with E-state index in [0.717, 1.165) is 12.2 Å². The summed E-state index contributed by atoms with van der Waals surface area (Å²) >= 11 is 0. The van der Waals surface area contributed by atoms with E-state index >= 15 is 0 Å². The number of anilines is 2. The number of carbonyl (C=O) groups is 3. The van der Waals surface area contributed by atoms with Gasteiger partial charge in [-0.2, -0.15) is 0 Å². The summed E-state index contributed by atoms with van der Waals surface area (Å²) in [7, 11) is 0. The number of nitrogens with one attached hydrogen (secondary N) is 2. The van der Waals surface area contributed by atoms with E-state index < -0.39 is 6.04 Å². The zero-order valence-electron chi connectivity index (χ0n) is 19.0. The highest BCUT2D eigenvalue weighted by Crippen LogP contribution is 2.22. The van der Waals surface area contributed by atoms with Gasteiger partial charge in [0, 0.05) is 29.0 Å². The topological polar surface area (TPSA) is 87.7 Å². The number of ether oxygens (including phenoxy) is 1. The fourth-order valence-electron chi connectivity index (χ4n) is 3.96. The standard InChI is InChI=1S/C27H27N3O4/c1-2-34-23-16-14-22(15-17-23)28-25(31)19-10-12-21(13-11-19)29-26(32)24-9-6-18-30(24)27(33)20-7-4-3-5-8-20/h3-5,7-8,10-17,24H,2,6,9,18H2,1H3,(H,28,31)(H,29,32)/t24-/m1/s1. The lowest BCUT2D eigenvalue weighted by atomic mass is 10.1. The van der Waals surface area contributed by atoms with Crippen molar-refractivity contribution in [3.05, 3.63) is 90.0 Å². The second kappa shape index (κ2) is 10.7. The van der Waals surface area contributed by atoms with Crippen LogP contribution in [0.5, 0.6) is 5.75 Å². The Kier molecular flexibility index (Phi) is 7.22. The first-order chi connectivity index (χ1) is 16.5. The summed E-state index contributed by atoms with van der Waals surface area (Å²) in [5.74, 6) is 0.122. The molecule has 7 nitrogen and oxygen atoms in total. The van der Waals surface area contributed by atoms with Crippen LogP contribution in [0.4, 0.5) is 11.4 Å². The smallest absolute Gasteiger partial charge is 0.255 e. The second-order valence-electron chi connectivity index (χ2n) is 8.00. The Labute approximate surface area is 198 Å². The van der Waals surface area contributed by atoms with Gasteiger partial charge in [0.25, 0.3) is 11.8 Å². The van der Waals surface area contributed by atoms with Crippen LogP contribution in [0.3, 0.4) is 0 Å². The molecule has 4 rings (SSSR count). The van der Waals surface area contributed by atoms with Gasteiger partial charge in [-0.3, -0.25) is 14.4 Å². The number of benzene rings is 3. The Morgan fingerprint density at radius 3 is 2.18 bits per heavy atom. The molecule has 1 saturated heterocycles. The first kappa shape index (κ1) is 23.0. The lowest BCUT2D eigenvalue weighted by molar-refractivity contribution is -0.119. The normalized spacial score (nSPS) is 15.0. The predicted molar refractivity (Wildman–Crippen MR) is 131 cm³/mol. The van der Waals surface area contributed by atoms with Crippen LogP contribution in [0.25, 0.3) is 0 Å². The Morgan fingerprint density at radius 2 is 1.50 bits per heavy atom. The molecule has 0 bridgehead atoms. The van der Waals surface area contributed by atoms with Gasteiger partial charge in [-0.15, -0.1) is 0 Å². The Balaban J connectivity index is 1.35. The van der Waals surface area contributed by atoms with Crippen molar-refractivity contribution in [2.24, 2.45) is 0 Å². The van der Waals surface area contributed by atoms with Crippen LogP contribution >= 0.6 is 0 Å². The maximum atomic E-state index is 12.9. The highest BCUT2D eigenvalue weighted by Gasteiger charge is 2.34. The van der Waals surface area contributed by atoms with E-state index in [-0.39, 0.29) is 17.7 Å². The van der Waals surface area contributed by atoms with Crippen LogP contribution in [0.2, 0.25) is 0 Å². The molecule has 0 unspecified atom stereocenters. The van der Waals surface area contributed by atoms with Crippen LogP contribution in [0.1, 0.15) is 40.5 Å². The van der Waals surface area contributed by atoms with Crippen LogP contribution in [0, 0.1) is 0 Å². The fourth-order valence-corrected chi connectivity index (χ4v) is 3.96. The van der Waals surface area contributed by atoms with Crippen molar-refractivity contribution in [3.63, 3.8) is 0 Å². The third-order valence-corrected chi connectivity index (χ3v) is 5.67. The van der Waals surface area contributed by atoms with Gasteiger partial charge < -0.3 is 20.3 Å². The molecule has 1 heterocycles. The fraction of sp³-hybridized carbons (Fsp3) is 0.222. The molecule has 0 spiro atoms. The van der Waals surface area contributed by atoms with Crippen LogP contribution in [0.15, 0.2) is 78.9 Å². The minimum atomic E-state index is -0.518. The molecule has 0 aliphatic carbocycles. The molecule has 0 saturated carbocycles. The molecular formula is C27H27N3O4. The quantitative estimate of drug-likeness (QED) is 0.544. The van der Waals surface area contributed by atoms with E-state index in [0.29, 0.717) is 42.1 Å². The van der Waals surface area contributed by atoms with E-state index in [1.165, 1.54) is 0 Å². The zero-order valence-corrected chi connectivity index (χ0v) is 19.0. The van der Waals surface area contributed by atoms with E-state index in [4.69, 9.17) is 4.74 Å². The molecule has 0 radical (unpaired) electrons. The first-order valence-electron chi connectivity index (χ1n) is 11.4. The summed E-state index contributed by atoms with van der Waals surface area (Å²) in [6, 6.07) is 22.3. The molecule has 1 fully saturated rings. The maximum Gasteiger partial charge on any atom is 0.255 e. The largest absolute Gasteiger partial charge is 0.494 e. The molecule has 0 aromatic heterocycles. The van der Waals surface area contributed by atoms with Crippen molar-refractivity contribution < 1.29 is 19.1 Å². The van der Waals surface area contributed by atoms with Crippen LogP contribution < -0.4 is 15.4 Å². The average molecular weight is 458 g/mol. The Hall–Kier alpha value is -4.13. The maximum absolute atomic E-state index is 12.9. The molecule has 174 valence electrons. The van der Waals surface area contributed by atoms with Gasteiger partial charge in [-0.1, -0.05) is 18.2 Å². The summed E-state index contributed by atoms with van der Waals surface area (Å²) in [6.07, 6.45) is 1.40. The van der Waals surface area contributed by atoms with E-state index in [9.17, 15) is 14.4 Å². The van der Waals surface area contributed by atoms with Gasteiger partial charge in [0.15, 0.2) is 0 Å². The van der Waals surface area contributed by atoms with Crippen LogP contribution in [-0.2, 0) is 4.79 Å². The van der Waals surface area contributed by atoms with Crippen molar-refractivity contribution in [3.8, 4) is 5.75 Å². The average Bonchev–Trinajstić information content (AvgIpc) is 3.36. The highest BCUT2D eigenvalue weighted by atomic mass is 16.5. The summed E-state index contributed by atoms with van der Waals surface area (Å²) in [4.78, 5) is 39.9. The number of carbonyl (C=O) groups excluding carboxylic acids is 3. The predicted octanol–water partition coefficient (Wildman–Crippen LogP) is 4.58. The van der Waals surface area contributed by atoms with Gasteiger partial charge in [-0.05, 0) is 80.4 Å². The van der Waals surface area contributed by atoms with Crippen molar-refractivity contribution >= 4 is 29.1 Å². The lowest BCUT2D eigenvalue weighted by Gasteiger charge is -2.24. The number of likely N-dealkylation sites (tertiary alicyclic amines) is 1. The van der Waals surface area contributed by atoms with Gasteiger partial charge >= 0.3 is 0 Å². The SMILES string of the molecule is CCOc1ccc(NC(=O)c2ccc(NC(=O)[C@H]3CCCN3C(=O)c3ccccc3)cc2)cc1. The minimum absolute atomic E-state index is 0.139. The molecule has 1 aliphatic rings. The molecular weight excluding hydrogens is 430 g/mol. The molecule has 7 heteroatoms. The third kappa shape index (κ3) is 5.43.